The van der Waals surface area contributed by atoms with Gasteiger partial charge in [-0.3, -0.25) is 4.79 Å². The van der Waals surface area contributed by atoms with Gasteiger partial charge in [0.15, 0.2) is 0 Å². The van der Waals surface area contributed by atoms with Crippen LogP contribution >= 0.6 is 12.6 Å². The van der Waals surface area contributed by atoms with E-state index in [9.17, 15) is 4.79 Å². The lowest BCUT2D eigenvalue weighted by Gasteiger charge is -2.05. The molecule has 0 bridgehead atoms. The minimum absolute atomic E-state index is 0.103. The van der Waals surface area contributed by atoms with Crippen molar-refractivity contribution >= 4 is 12.6 Å². The monoisotopic (exact) mass is 196 g/mol. The highest BCUT2D eigenvalue weighted by Crippen LogP contribution is 1.96. The van der Waals surface area contributed by atoms with Crippen LogP contribution < -0.4 is 5.56 Å². The second-order valence-corrected chi connectivity index (χ2v) is 3.19. The van der Waals surface area contributed by atoms with Crippen LogP contribution in [0.4, 0.5) is 0 Å². The molecule has 0 unspecified atom stereocenters. The van der Waals surface area contributed by atoms with E-state index in [-0.39, 0.29) is 5.56 Å². The van der Waals surface area contributed by atoms with E-state index in [0.29, 0.717) is 12.3 Å². The molecule has 0 aromatic carbocycles. The van der Waals surface area contributed by atoms with Crippen molar-refractivity contribution in [1.82, 2.24) is 9.78 Å². The minimum atomic E-state index is -0.103. The van der Waals surface area contributed by atoms with Gasteiger partial charge in [-0.05, 0) is 18.6 Å². The van der Waals surface area contributed by atoms with Gasteiger partial charge >= 0.3 is 0 Å². The zero-order valence-corrected chi connectivity index (χ0v) is 8.42. The molecule has 13 heavy (non-hydrogen) atoms. The summed E-state index contributed by atoms with van der Waals surface area (Å²) < 4.78 is 1.40. The van der Waals surface area contributed by atoms with Crippen molar-refractivity contribution < 1.29 is 0 Å². The second kappa shape index (κ2) is 4.28. The van der Waals surface area contributed by atoms with Gasteiger partial charge in [0.05, 0.1) is 12.2 Å². The van der Waals surface area contributed by atoms with Crippen molar-refractivity contribution in [3.63, 3.8) is 0 Å². The van der Waals surface area contributed by atoms with E-state index in [1.807, 2.05) is 6.92 Å². The number of thiol groups is 1. The van der Waals surface area contributed by atoms with Gasteiger partial charge in [-0.1, -0.05) is 6.58 Å². The highest BCUT2D eigenvalue weighted by molar-refractivity contribution is 7.80. The summed E-state index contributed by atoms with van der Waals surface area (Å²) in [5, 5.41) is 4.07. The van der Waals surface area contributed by atoms with Crippen LogP contribution in [0.5, 0.6) is 0 Å². The van der Waals surface area contributed by atoms with Gasteiger partial charge in [-0.15, -0.1) is 0 Å². The fourth-order valence-electron chi connectivity index (χ4n) is 0.926. The summed E-state index contributed by atoms with van der Waals surface area (Å²) in [6, 6.07) is 3.20. The Morgan fingerprint density at radius 3 is 3.00 bits per heavy atom. The molecule has 0 spiro atoms. The van der Waals surface area contributed by atoms with E-state index in [1.54, 1.807) is 6.07 Å². The van der Waals surface area contributed by atoms with E-state index in [0.717, 1.165) is 11.3 Å². The third-order valence-corrected chi connectivity index (χ3v) is 2.04. The van der Waals surface area contributed by atoms with Crippen LogP contribution in [0.25, 0.3) is 0 Å². The van der Waals surface area contributed by atoms with Crippen LogP contribution in [-0.4, -0.2) is 15.5 Å². The molecule has 0 saturated carbocycles. The van der Waals surface area contributed by atoms with Gasteiger partial charge in [0.25, 0.3) is 5.56 Å². The molecule has 0 radical (unpaired) electrons. The summed E-state index contributed by atoms with van der Waals surface area (Å²) in [6.07, 6.45) is 0. The van der Waals surface area contributed by atoms with E-state index in [2.05, 4.69) is 24.3 Å². The molecule has 0 saturated heterocycles. The largest absolute Gasteiger partial charge is 0.268 e. The summed E-state index contributed by atoms with van der Waals surface area (Å²) in [7, 11) is 0. The highest BCUT2D eigenvalue weighted by atomic mass is 32.1. The van der Waals surface area contributed by atoms with E-state index < -0.39 is 0 Å². The van der Waals surface area contributed by atoms with Crippen molar-refractivity contribution in [3.8, 4) is 0 Å². The van der Waals surface area contributed by atoms with Gasteiger partial charge in [0.2, 0.25) is 0 Å². The van der Waals surface area contributed by atoms with E-state index in [4.69, 9.17) is 0 Å². The van der Waals surface area contributed by atoms with Gasteiger partial charge in [0, 0.05) is 11.8 Å². The Bertz CT molecular complexity index is 370. The molecule has 1 aromatic heterocycles. The molecule has 70 valence electrons. The average Bonchev–Trinajstić information content (AvgIpc) is 2.11. The minimum Gasteiger partial charge on any atom is -0.268 e. The Morgan fingerprint density at radius 1 is 1.69 bits per heavy atom. The zero-order valence-electron chi connectivity index (χ0n) is 7.53. The summed E-state index contributed by atoms with van der Waals surface area (Å²) >= 11 is 4.06. The Hall–Kier alpha value is -1.03. The normalized spacial score (nSPS) is 10.0. The van der Waals surface area contributed by atoms with Crippen molar-refractivity contribution in [2.24, 2.45) is 0 Å². The molecule has 0 N–H and O–H groups in total. The topological polar surface area (TPSA) is 34.9 Å². The second-order valence-electron chi connectivity index (χ2n) is 2.88. The summed E-state index contributed by atoms with van der Waals surface area (Å²) in [5.41, 5.74) is 1.60. The van der Waals surface area contributed by atoms with Crippen LogP contribution in [0.1, 0.15) is 5.69 Å². The Labute approximate surface area is 82.5 Å². The third-order valence-electron chi connectivity index (χ3n) is 1.60. The number of hydrogen-bond acceptors (Lipinski definition) is 3. The van der Waals surface area contributed by atoms with Gasteiger partial charge in [-0.2, -0.15) is 17.7 Å². The molecule has 0 atom stereocenters. The van der Waals surface area contributed by atoms with Crippen LogP contribution in [0.15, 0.2) is 29.1 Å². The molecule has 0 aliphatic carbocycles. The van der Waals surface area contributed by atoms with E-state index in [1.165, 1.54) is 10.7 Å². The van der Waals surface area contributed by atoms with Crippen LogP contribution in [0.3, 0.4) is 0 Å². The van der Waals surface area contributed by atoms with E-state index >= 15 is 0 Å². The van der Waals surface area contributed by atoms with Crippen LogP contribution in [-0.2, 0) is 6.54 Å². The number of aryl methyl sites for hydroxylation is 1. The predicted molar refractivity (Wildman–Crippen MR) is 56.2 cm³/mol. The Kier molecular flexibility index (Phi) is 3.31. The number of aromatic nitrogens is 2. The quantitative estimate of drug-likeness (QED) is 0.579. The van der Waals surface area contributed by atoms with Gasteiger partial charge < -0.3 is 0 Å². The lowest BCUT2D eigenvalue weighted by atomic mass is 10.3. The fourth-order valence-corrected chi connectivity index (χ4v) is 1.03. The van der Waals surface area contributed by atoms with Gasteiger partial charge in [-0.25, -0.2) is 4.68 Å². The molecular formula is C9H12N2OS. The standard InChI is InChI=1S/C9H12N2OS/c1-7(6-13)5-11-9(12)4-3-8(2)10-11/h3-4,13H,1,5-6H2,2H3. The van der Waals surface area contributed by atoms with Crippen molar-refractivity contribution in [2.75, 3.05) is 5.75 Å². The molecule has 3 nitrogen and oxygen atoms in total. The number of hydrogen-bond donors (Lipinski definition) is 1. The molecule has 0 aliphatic rings. The third kappa shape index (κ3) is 2.73. The predicted octanol–water partition coefficient (Wildman–Crippen LogP) is 1.04. The average molecular weight is 196 g/mol. The maximum Gasteiger partial charge on any atom is 0.267 e. The highest BCUT2D eigenvalue weighted by Gasteiger charge is 1.98. The molecule has 1 aromatic rings. The molecular weight excluding hydrogens is 184 g/mol. The lowest BCUT2D eigenvalue weighted by molar-refractivity contribution is 0.623. The summed E-state index contributed by atoms with van der Waals surface area (Å²) in [4.78, 5) is 11.3. The first kappa shape index (κ1) is 10.1. The van der Waals surface area contributed by atoms with Gasteiger partial charge in [0.1, 0.15) is 0 Å². The summed E-state index contributed by atoms with van der Waals surface area (Å²) in [6.45, 7) is 6.06. The van der Waals surface area contributed by atoms with Crippen molar-refractivity contribution in [1.29, 1.82) is 0 Å². The molecule has 4 heteroatoms. The zero-order chi connectivity index (χ0) is 9.84. The molecule has 0 amide bonds. The maximum absolute atomic E-state index is 11.3. The fraction of sp³-hybridized carbons (Fsp3) is 0.333. The van der Waals surface area contributed by atoms with Crippen molar-refractivity contribution in [3.05, 3.63) is 40.3 Å². The Morgan fingerprint density at radius 2 is 2.38 bits per heavy atom. The lowest BCUT2D eigenvalue weighted by Crippen LogP contribution is -2.23. The van der Waals surface area contributed by atoms with Crippen molar-refractivity contribution in [2.45, 2.75) is 13.5 Å². The molecule has 1 rings (SSSR count). The number of rotatable bonds is 3. The maximum atomic E-state index is 11.3. The molecule has 0 aliphatic heterocycles. The smallest absolute Gasteiger partial charge is 0.267 e. The SMILES string of the molecule is C=C(CS)Cn1nc(C)ccc1=O. The first-order valence-electron chi connectivity index (χ1n) is 3.96. The summed E-state index contributed by atoms with van der Waals surface area (Å²) in [5.74, 6) is 0.571. The van der Waals surface area contributed by atoms with Crippen LogP contribution in [0.2, 0.25) is 0 Å². The first-order valence-corrected chi connectivity index (χ1v) is 4.59. The first-order chi connectivity index (χ1) is 6.13. The molecule has 1 heterocycles. The number of nitrogens with zero attached hydrogens (tertiary/aromatic N) is 2. The molecule has 0 fully saturated rings. The Balaban J connectivity index is 2.94. The van der Waals surface area contributed by atoms with Crippen LogP contribution in [0, 0.1) is 6.92 Å².